The van der Waals surface area contributed by atoms with Gasteiger partial charge in [0.25, 0.3) is 0 Å². The van der Waals surface area contributed by atoms with Gasteiger partial charge in [-0.1, -0.05) is 6.42 Å². The number of amides is 1. The topological polar surface area (TPSA) is 33.2 Å². The van der Waals surface area contributed by atoms with E-state index < -0.39 is 0 Å². The summed E-state index contributed by atoms with van der Waals surface area (Å²) in [6.45, 7) is 0.875. The summed E-state index contributed by atoms with van der Waals surface area (Å²) in [6.07, 6.45) is 4.96. The van der Waals surface area contributed by atoms with Crippen LogP contribution in [-0.2, 0) is 4.79 Å². The van der Waals surface area contributed by atoms with Crippen LogP contribution in [0.1, 0.15) is 30.9 Å². The zero-order chi connectivity index (χ0) is 11.5. The third-order valence-electron chi connectivity index (χ3n) is 3.02. The van der Waals surface area contributed by atoms with Crippen molar-refractivity contribution >= 4 is 28.5 Å². The van der Waals surface area contributed by atoms with E-state index >= 15 is 0 Å². The van der Waals surface area contributed by atoms with Gasteiger partial charge < -0.3 is 4.90 Å². The first kappa shape index (κ1) is 11.8. The Morgan fingerprint density at radius 1 is 1.44 bits per heavy atom. The lowest BCUT2D eigenvalue weighted by atomic mass is 9.98. The summed E-state index contributed by atoms with van der Waals surface area (Å²) >= 11 is 2.23. The number of pyridine rings is 1. The summed E-state index contributed by atoms with van der Waals surface area (Å²) in [6, 6.07) is 3.99. The lowest BCUT2D eigenvalue weighted by molar-refractivity contribution is -0.131. The van der Waals surface area contributed by atoms with Crippen LogP contribution in [0.15, 0.2) is 18.3 Å². The van der Waals surface area contributed by atoms with Crippen LogP contribution in [0.5, 0.6) is 0 Å². The molecule has 0 aromatic carbocycles. The van der Waals surface area contributed by atoms with E-state index in [9.17, 15) is 4.79 Å². The van der Waals surface area contributed by atoms with Gasteiger partial charge in [0.1, 0.15) is 0 Å². The number of rotatable bonds is 1. The van der Waals surface area contributed by atoms with E-state index in [0.29, 0.717) is 0 Å². The molecule has 1 aliphatic heterocycles. The molecule has 4 heteroatoms. The molecule has 1 fully saturated rings. The smallest absolute Gasteiger partial charge is 0.231 e. The second-order valence-electron chi connectivity index (χ2n) is 4.21. The zero-order valence-electron chi connectivity index (χ0n) is 9.32. The number of likely N-dealkylation sites (tertiary alicyclic amines) is 1. The van der Waals surface area contributed by atoms with E-state index in [1.807, 2.05) is 30.3 Å². The number of nitrogens with zero attached hydrogens (tertiary/aromatic N) is 2. The van der Waals surface area contributed by atoms with Gasteiger partial charge in [0.15, 0.2) is 0 Å². The lowest BCUT2D eigenvalue weighted by Gasteiger charge is -2.19. The Balaban J connectivity index is 2.24. The van der Waals surface area contributed by atoms with Gasteiger partial charge in [0, 0.05) is 23.4 Å². The van der Waals surface area contributed by atoms with Crippen LogP contribution >= 0.6 is 22.6 Å². The molecule has 16 heavy (non-hydrogen) atoms. The monoisotopic (exact) mass is 330 g/mol. The number of halogens is 1. The van der Waals surface area contributed by atoms with Crippen LogP contribution in [0.25, 0.3) is 0 Å². The van der Waals surface area contributed by atoms with Crippen LogP contribution in [0.4, 0.5) is 0 Å². The first-order valence-corrected chi connectivity index (χ1v) is 6.63. The molecular weight excluding hydrogens is 315 g/mol. The summed E-state index contributed by atoms with van der Waals surface area (Å²) in [5.41, 5.74) is 0.916. The van der Waals surface area contributed by atoms with E-state index in [4.69, 9.17) is 0 Å². The molecule has 1 aliphatic rings. The Kier molecular flexibility index (Phi) is 3.78. The Morgan fingerprint density at radius 3 is 2.94 bits per heavy atom. The second-order valence-corrected chi connectivity index (χ2v) is 5.46. The van der Waals surface area contributed by atoms with Crippen molar-refractivity contribution < 1.29 is 4.79 Å². The van der Waals surface area contributed by atoms with Gasteiger partial charge in [-0.15, -0.1) is 0 Å². The van der Waals surface area contributed by atoms with Crippen LogP contribution in [0.2, 0.25) is 0 Å². The first-order valence-electron chi connectivity index (χ1n) is 5.55. The van der Waals surface area contributed by atoms with Crippen molar-refractivity contribution in [3.05, 3.63) is 27.6 Å². The van der Waals surface area contributed by atoms with Crippen molar-refractivity contribution in [1.82, 2.24) is 9.88 Å². The fourth-order valence-corrected chi connectivity index (χ4v) is 2.38. The predicted octanol–water partition coefficient (Wildman–Crippen LogP) is 2.41. The second kappa shape index (κ2) is 5.12. The molecule has 1 amide bonds. The van der Waals surface area contributed by atoms with Gasteiger partial charge in [-0.3, -0.25) is 9.78 Å². The van der Waals surface area contributed by atoms with Crippen molar-refractivity contribution in [2.75, 3.05) is 13.6 Å². The predicted molar refractivity (Wildman–Crippen MR) is 71.2 cm³/mol. The zero-order valence-corrected chi connectivity index (χ0v) is 11.5. The molecule has 0 N–H and O–H groups in total. The van der Waals surface area contributed by atoms with Crippen LogP contribution < -0.4 is 0 Å². The summed E-state index contributed by atoms with van der Waals surface area (Å²) in [7, 11) is 1.88. The number of likely N-dealkylation sites (N-methyl/N-ethyl adjacent to an activating group) is 1. The van der Waals surface area contributed by atoms with Gasteiger partial charge in [-0.05, 0) is 47.6 Å². The molecule has 0 spiro atoms. The molecule has 1 saturated heterocycles. The van der Waals surface area contributed by atoms with Gasteiger partial charge in [0.2, 0.25) is 5.91 Å². The van der Waals surface area contributed by atoms with Crippen LogP contribution in [0, 0.1) is 3.57 Å². The van der Waals surface area contributed by atoms with Crippen molar-refractivity contribution in [2.45, 2.75) is 25.2 Å². The summed E-state index contributed by atoms with van der Waals surface area (Å²) in [4.78, 5) is 18.3. The molecule has 1 aromatic heterocycles. The quantitative estimate of drug-likeness (QED) is 0.741. The average Bonchev–Trinajstić information content (AvgIpc) is 2.44. The van der Waals surface area contributed by atoms with E-state index in [0.717, 1.165) is 35.1 Å². The maximum absolute atomic E-state index is 12.1. The van der Waals surface area contributed by atoms with Gasteiger partial charge in [0.05, 0.1) is 11.6 Å². The maximum atomic E-state index is 12.1. The molecule has 0 radical (unpaired) electrons. The standard InChI is InChI=1S/C12H15IN2O/c1-15-7-3-2-4-10(12(15)16)11-6-5-9(13)8-14-11/h5-6,8,10H,2-4,7H2,1H3. The third kappa shape index (κ3) is 2.53. The fraction of sp³-hybridized carbons (Fsp3) is 0.500. The normalized spacial score (nSPS) is 22.0. The molecule has 86 valence electrons. The minimum Gasteiger partial charge on any atom is -0.345 e. The lowest BCUT2D eigenvalue weighted by Crippen LogP contribution is -2.30. The Bertz CT molecular complexity index is 377. The van der Waals surface area contributed by atoms with Gasteiger partial charge in [-0.25, -0.2) is 0 Å². The number of carbonyl (C=O) groups is 1. The highest BCUT2D eigenvalue weighted by Gasteiger charge is 2.26. The molecule has 2 rings (SSSR count). The molecule has 0 saturated carbocycles. The highest BCUT2D eigenvalue weighted by Crippen LogP contribution is 2.25. The molecule has 3 nitrogen and oxygen atoms in total. The number of carbonyl (C=O) groups excluding carboxylic acids is 1. The Labute approximate surface area is 109 Å². The summed E-state index contributed by atoms with van der Waals surface area (Å²) < 4.78 is 1.11. The highest BCUT2D eigenvalue weighted by atomic mass is 127. The Morgan fingerprint density at radius 2 is 2.25 bits per heavy atom. The molecule has 1 unspecified atom stereocenters. The van der Waals surface area contributed by atoms with Crippen molar-refractivity contribution in [3.8, 4) is 0 Å². The van der Waals surface area contributed by atoms with Gasteiger partial charge >= 0.3 is 0 Å². The molecule has 2 heterocycles. The summed E-state index contributed by atoms with van der Waals surface area (Å²) in [5.74, 6) is 0.177. The third-order valence-corrected chi connectivity index (χ3v) is 3.66. The molecule has 1 aromatic rings. The van der Waals surface area contributed by atoms with Crippen LogP contribution in [0.3, 0.4) is 0 Å². The SMILES string of the molecule is CN1CCCCC(c2ccc(I)cn2)C1=O. The fourth-order valence-electron chi connectivity index (χ4n) is 2.06. The van der Waals surface area contributed by atoms with Gasteiger partial charge in [-0.2, -0.15) is 0 Å². The molecular formula is C12H15IN2O. The van der Waals surface area contributed by atoms with E-state index in [1.54, 1.807) is 0 Å². The number of aromatic nitrogens is 1. The minimum atomic E-state index is -0.0375. The summed E-state index contributed by atoms with van der Waals surface area (Å²) in [5, 5.41) is 0. The first-order chi connectivity index (χ1) is 7.68. The van der Waals surface area contributed by atoms with E-state index in [-0.39, 0.29) is 11.8 Å². The molecule has 0 bridgehead atoms. The Hall–Kier alpha value is -0.650. The molecule has 0 aliphatic carbocycles. The highest BCUT2D eigenvalue weighted by molar-refractivity contribution is 14.1. The van der Waals surface area contributed by atoms with Crippen molar-refractivity contribution in [2.24, 2.45) is 0 Å². The van der Waals surface area contributed by atoms with E-state index in [2.05, 4.69) is 27.6 Å². The largest absolute Gasteiger partial charge is 0.345 e. The van der Waals surface area contributed by atoms with Crippen LogP contribution in [-0.4, -0.2) is 29.4 Å². The average molecular weight is 330 g/mol. The van der Waals surface area contributed by atoms with Crippen molar-refractivity contribution in [3.63, 3.8) is 0 Å². The van der Waals surface area contributed by atoms with E-state index in [1.165, 1.54) is 0 Å². The maximum Gasteiger partial charge on any atom is 0.231 e. The minimum absolute atomic E-state index is 0.0375. The number of hydrogen-bond donors (Lipinski definition) is 0. The number of hydrogen-bond acceptors (Lipinski definition) is 2. The van der Waals surface area contributed by atoms with Crippen molar-refractivity contribution in [1.29, 1.82) is 0 Å². The molecule has 1 atom stereocenters.